The first-order valence-corrected chi connectivity index (χ1v) is 24.5. The van der Waals surface area contributed by atoms with Gasteiger partial charge >= 0.3 is 11.9 Å². The molecular formula is C52H96O4. The number of hydrogen-bond acceptors (Lipinski definition) is 4. The molecule has 0 aromatic rings. The van der Waals surface area contributed by atoms with Crippen molar-refractivity contribution in [1.82, 2.24) is 0 Å². The normalized spacial score (nSPS) is 18.9. The largest absolute Gasteiger partial charge is 0.466 e. The number of rotatable bonds is 35. The Morgan fingerprint density at radius 1 is 0.482 bits per heavy atom. The van der Waals surface area contributed by atoms with Crippen molar-refractivity contribution < 1.29 is 19.1 Å². The summed E-state index contributed by atoms with van der Waals surface area (Å²) in [4.78, 5) is 24.5. The zero-order valence-corrected chi connectivity index (χ0v) is 38.9. The molecule has 0 N–H and O–H groups in total. The van der Waals surface area contributed by atoms with E-state index < -0.39 is 0 Å². The molecule has 0 aromatic heterocycles. The molecule has 0 aliphatic heterocycles. The summed E-state index contributed by atoms with van der Waals surface area (Å²) in [6, 6.07) is 0. The standard InChI is InChI=1S/C52H96O4/c1-9-11-13-15-19-25-35-47-45(33-23-14-12-10-2)39-40-46(34-24-18-16-21-27-37-49(53)55-43-31-29-41-51(3,4)5)48(47)36-26-20-17-22-28-38-50(54)56-44-32-30-42-52(6,7)8/h19,25,39-40,45-48H,9-18,20-24,26-38,41-44H2,1-8H3/b25-19+. The maximum atomic E-state index is 12.3. The van der Waals surface area contributed by atoms with Crippen molar-refractivity contribution in [3.05, 3.63) is 24.3 Å². The molecule has 0 saturated heterocycles. The summed E-state index contributed by atoms with van der Waals surface area (Å²) in [5, 5.41) is 0. The molecule has 0 bridgehead atoms. The summed E-state index contributed by atoms with van der Waals surface area (Å²) in [5.41, 5.74) is 0.708. The van der Waals surface area contributed by atoms with E-state index >= 15 is 0 Å². The number of allylic oxidation sites excluding steroid dienone is 4. The summed E-state index contributed by atoms with van der Waals surface area (Å²) < 4.78 is 11.0. The van der Waals surface area contributed by atoms with Gasteiger partial charge in [-0.25, -0.2) is 0 Å². The van der Waals surface area contributed by atoms with Crippen LogP contribution in [0.1, 0.15) is 248 Å². The van der Waals surface area contributed by atoms with E-state index in [4.69, 9.17) is 9.47 Å². The second-order valence-electron chi connectivity index (χ2n) is 20.2. The minimum atomic E-state index is -0.00867. The number of carbonyl (C=O) groups is 2. The topological polar surface area (TPSA) is 52.6 Å². The summed E-state index contributed by atoms with van der Waals surface area (Å²) in [6.07, 6.45) is 45.6. The lowest BCUT2D eigenvalue weighted by atomic mass is 9.65. The molecule has 328 valence electrons. The van der Waals surface area contributed by atoms with E-state index in [1.807, 2.05) is 0 Å². The van der Waals surface area contributed by atoms with Crippen LogP contribution in [-0.4, -0.2) is 25.2 Å². The van der Waals surface area contributed by atoms with Gasteiger partial charge in [-0.2, -0.15) is 0 Å². The predicted molar refractivity (Wildman–Crippen MR) is 243 cm³/mol. The lowest BCUT2D eigenvalue weighted by Crippen LogP contribution is -2.31. The fraction of sp³-hybridized carbons (Fsp3) is 0.885. The molecule has 0 heterocycles. The van der Waals surface area contributed by atoms with E-state index in [1.165, 1.54) is 128 Å². The van der Waals surface area contributed by atoms with Crippen molar-refractivity contribution in [3.63, 3.8) is 0 Å². The highest BCUT2D eigenvalue weighted by atomic mass is 16.5. The second-order valence-corrected chi connectivity index (χ2v) is 20.2. The Kier molecular flexibility index (Phi) is 31.2. The van der Waals surface area contributed by atoms with Gasteiger partial charge in [-0.05, 0) is 124 Å². The van der Waals surface area contributed by atoms with Gasteiger partial charge in [-0.1, -0.05) is 170 Å². The van der Waals surface area contributed by atoms with Gasteiger partial charge in [0.2, 0.25) is 0 Å². The van der Waals surface area contributed by atoms with E-state index in [0.29, 0.717) is 48.7 Å². The molecule has 4 nitrogen and oxygen atoms in total. The average Bonchev–Trinajstić information content (AvgIpc) is 3.13. The van der Waals surface area contributed by atoms with Crippen molar-refractivity contribution >= 4 is 11.9 Å². The minimum absolute atomic E-state index is 0.00634. The lowest BCUT2D eigenvalue weighted by molar-refractivity contribution is -0.144. The Hall–Kier alpha value is -1.58. The quantitative estimate of drug-likeness (QED) is 0.0365. The zero-order valence-electron chi connectivity index (χ0n) is 38.9. The Labute approximate surface area is 350 Å². The molecule has 4 unspecified atom stereocenters. The second kappa shape index (κ2) is 33.3. The van der Waals surface area contributed by atoms with Gasteiger partial charge < -0.3 is 9.47 Å². The maximum absolute atomic E-state index is 12.3. The monoisotopic (exact) mass is 785 g/mol. The van der Waals surface area contributed by atoms with Crippen molar-refractivity contribution in [2.24, 2.45) is 34.5 Å². The molecule has 1 rings (SSSR count). The van der Waals surface area contributed by atoms with Crippen LogP contribution >= 0.6 is 0 Å². The highest BCUT2D eigenvalue weighted by Crippen LogP contribution is 2.44. The van der Waals surface area contributed by atoms with Gasteiger partial charge in [0.25, 0.3) is 0 Å². The van der Waals surface area contributed by atoms with Gasteiger partial charge in [0.15, 0.2) is 0 Å². The Morgan fingerprint density at radius 2 is 0.911 bits per heavy atom. The van der Waals surface area contributed by atoms with Crippen LogP contribution in [0, 0.1) is 34.5 Å². The van der Waals surface area contributed by atoms with E-state index in [1.54, 1.807) is 0 Å². The average molecular weight is 785 g/mol. The van der Waals surface area contributed by atoms with Gasteiger partial charge in [0.1, 0.15) is 0 Å². The van der Waals surface area contributed by atoms with Crippen molar-refractivity contribution in [3.8, 4) is 0 Å². The fourth-order valence-electron chi connectivity index (χ4n) is 8.68. The maximum Gasteiger partial charge on any atom is 0.305 e. The highest BCUT2D eigenvalue weighted by Gasteiger charge is 2.34. The summed E-state index contributed by atoms with van der Waals surface area (Å²) in [7, 11) is 0. The highest BCUT2D eigenvalue weighted by molar-refractivity contribution is 5.69. The lowest BCUT2D eigenvalue weighted by Gasteiger charge is -2.40. The molecule has 0 radical (unpaired) electrons. The molecule has 56 heavy (non-hydrogen) atoms. The van der Waals surface area contributed by atoms with E-state index in [2.05, 4.69) is 79.7 Å². The van der Waals surface area contributed by atoms with E-state index in [0.717, 1.165) is 63.2 Å². The molecule has 0 aromatic carbocycles. The van der Waals surface area contributed by atoms with E-state index in [9.17, 15) is 9.59 Å². The third kappa shape index (κ3) is 30.5. The molecule has 0 fully saturated rings. The number of carbonyl (C=O) groups excluding carboxylic acids is 2. The molecule has 1 aliphatic rings. The molecule has 0 saturated carbocycles. The number of ether oxygens (including phenoxy) is 2. The fourth-order valence-corrected chi connectivity index (χ4v) is 8.68. The molecule has 4 heteroatoms. The number of esters is 2. The molecule has 1 aliphatic carbocycles. The third-order valence-corrected chi connectivity index (χ3v) is 12.2. The Balaban J connectivity index is 2.63. The van der Waals surface area contributed by atoms with Crippen LogP contribution < -0.4 is 0 Å². The van der Waals surface area contributed by atoms with Crippen molar-refractivity contribution in [2.75, 3.05) is 13.2 Å². The van der Waals surface area contributed by atoms with Gasteiger partial charge in [-0.3, -0.25) is 9.59 Å². The minimum Gasteiger partial charge on any atom is -0.466 e. The molecule has 0 amide bonds. The molecule has 0 spiro atoms. The van der Waals surface area contributed by atoms with Gasteiger partial charge in [0.05, 0.1) is 13.2 Å². The molecular weight excluding hydrogens is 689 g/mol. The van der Waals surface area contributed by atoms with Crippen LogP contribution in [0.15, 0.2) is 24.3 Å². The summed E-state index contributed by atoms with van der Waals surface area (Å²) >= 11 is 0. The van der Waals surface area contributed by atoms with Crippen molar-refractivity contribution in [1.29, 1.82) is 0 Å². The summed E-state index contributed by atoms with van der Waals surface area (Å²) in [6.45, 7) is 19.4. The van der Waals surface area contributed by atoms with Crippen LogP contribution in [0.2, 0.25) is 0 Å². The first-order valence-electron chi connectivity index (χ1n) is 24.5. The van der Waals surface area contributed by atoms with Crippen LogP contribution in [0.4, 0.5) is 0 Å². The van der Waals surface area contributed by atoms with Gasteiger partial charge in [0, 0.05) is 12.8 Å². The molecule has 4 atom stereocenters. The SMILES string of the molecule is CCCCC/C=C/CC1C(CCCCCC)C=CC(CCCCCCCC(=O)OCCCCC(C)(C)C)C1CCCCCCCC(=O)OCCCCC(C)(C)C. The van der Waals surface area contributed by atoms with Crippen LogP contribution in [-0.2, 0) is 19.1 Å². The zero-order chi connectivity index (χ0) is 41.3. The van der Waals surface area contributed by atoms with Crippen LogP contribution in [0.25, 0.3) is 0 Å². The third-order valence-electron chi connectivity index (χ3n) is 12.2. The predicted octanol–water partition coefficient (Wildman–Crippen LogP) is 16.5. The summed E-state index contributed by atoms with van der Waals surface area (Å²) in [5.74, 6) is 2.91. The van der Waals surface area contributed by atoms with Crippen LogP contribution in [0.3, 0.4) is 0 Å². The van der Waals surface area contributed by atoms with Crippen LogP contribution in [0.5, 0.6) is 0 Å². The smallest absolute Gasteiger partial charge is 0.305 e. The first-order chi connectivity index (χ1) is 26.9. The Morgan fingerprint density at radius 3 is 1.41 bits per heavy atom. The van der Waals surface area contributed by atoms with Crippen molar-refractivity contribution in [2.45, 2.75) is 248 Å². The Bertz CT molecular complexity index is 997. The van der Waals surface area contributed by atoms with E-state index in [-0.39, 0.29) is 11.9 Å². The first kappa shape index (κ1) is 52.4. The number of hydrogen-bond donors (Lipinski definition) is 0. The van der Waals surface area contributed by atoms with Gasteiger partial charge in [-0.15, -0.1) is 0 Å². The number of unbranched alkanes of at least 4 members (excludes halogenated alkanes) is 16.